The van der Waals surface area contributed by atoms with Crippen molar-refractivity contribution in [2.24, 2.45) is 50.2 Å². The third-order valence-corrected chi connectivity index (χ3v) is 15.8. The van der Waals surface area contributed by atoms with Crippen LogP contribution >= 0.6 is 0 Å². The van der Waals surface area contributed by atoms with Gasteiger partial charge in [-0.1, -0.05) is 77.4 Å². The summed E-state index contributed by atoms with van der Waals surface area (Å²) in [6.07, 6.45) is 12.3. The van der Waals surface area contributed by atoms with Crippen LogP contribution in [0, 0.1) is 50.2 Å². The monoisotopic (exact) mass is 657 g/mol. The Hall–Kier alpha value is -2.47. The number of esters is 2. The molecule has 0 spiro atoms. The van der Waals surface area contributed by atoms with Gasteiger partial charge >= 0.3 is 11.9 Å². The molecule has 0 bridgehead atoms. The van der Waals surface area contributed by atoms with E-state index in [1.54, 1.807) is 0 Å². The fourth-order valence-corrected chi connectivity index (χ4v) is 12.6. The largest absolute Gasteiger partial charge is 0.461 e. The van der Waals surface area contributed by atoms with Gasteiger partial charge in [0, 0.05) is 11.3 Å². The van der Waals surface area contributed by atoms with Crippen LogP contribution in [0.4, 0.5) is 0 Å². The third kappa shape index (κ3) is 5.00. The van der Waals surface area contributed by atoms with Crippen LogP contribution in [0.25, 0.3) is 0 Å². The zero-order valence-electron chi connectivity index (χ0n) is 30.6. The third-order valence-electron chi connectivity index (χ3n) is 15.8. The molecule has 0 amide bonds. The lowest BCUT2D eigenvalue weighted by Gasteiger charge is -2.70. The molecule has 6 heteroatoms. The summed E-state index contributed by atoms with van der Waals surface area (Å²) in [7, 11) is 0. The minimum Gasteiger partial charge on any atom is -0.461 e. The highest BCUT2D eigenvalue weighted by atomic mass is 16.5. The van der Waals surface area contributed by atoms with E-state index in [1.807, 2.05) is 30.3 Å². The first-order valence-electron chi connectivity index (χ1n) is 19.0. The number of carbonyl (C=O) groups is 3. The SMILES string of the molecule is CC1(C)[C@@H](OC(=O)[C@@H]2CCCN2)CC[C@]2(C)[C@H]3C(=O)C=C4[C@@H]5C[C@@](C)(C(=O)OCc6ccccc6)CC[C@]5(C)CC[C@@]4(C)[C@]3(C)CC[C@@H]12. The minimum absolute atomic E-state index is 0.0694. The number of ether oxygens (including phenoxy) is 2. The number of fused-ring (bicyclic) bond motifs is 7. The highest BCUT2D eigenvalue weighted by molar-refractivity contribution is 5.95. The molecule has 1 saturated heterocycles. The van der Waals surface area contributed by atoms with Crippen molar-refractivity contribution in [3.05, 3.63) is 47.5 Å². The number of hydrogen-bond donors (Lipinski definition) is 1. The zero-order valence-corrected chi connectivity index (χ0v) is 30.6. The fourth-order valence-electron chi connectivity index (χ4n) is 12.6. The Morgan fingerprint density at radius 1 is 0.875 bits per heavy atom. The first-order valence-corrected chi connectivity index (χ1v) is 19.0. The molecule has 0 unspecified atom stereocenters. The molecule has 1 aromatic carbocycles. The van der Waals surface area contributed by atoms with Crippen LogP contribution in [0.5, 0.6) is 0 Å². The second-order valence-corrected chi connectivity index (χ2v) is 18.7. The van der Waals surface area contributed by atoms with Crippen LogP contribution in [0.1, 0.15) is 125 Å². The van der Waals surface area contributed by atoms with Crippen molar-refractivity contribution in [2.45, 2.75) is 138 Å². The quantitative estimate of drug-likeness (QED) is 0.321. The molecule has 0 radical (unpaired) electrons. The molecular formula is C42H59NO5. The second kappa shape index (κ2) is 11.5. The topological polar surface area (TPSA) is 81.7 Å². The Morgan fingerprint density at radius 3 is 2.31 bits per heavy atom. The molecule has 1 aliphatic heterocycles. The van der Waals surface area contributed by atoms with Gasteiger partial charge in [0.1, 0.15) is 18.8 Å². The summed E-state index contributed by atoms with van der Waals surface area (Å²) >= 11 is 0. The first kappa shape index (κ1) is 34.0. The number of nitrogens with one attached hydrogen (secondary N) is 1. The van der Waals surface area contributed by atoms with Gasteiger partial charge < -0.3 is 14.8 Å². The number of rotatable bonds is 5. The van der Waals surface area contributed by atoms with E-state index < -0.39 is 5.41 Å². The highest BCUT2D eigenvalue weighted by Gasteiger charge is 2.70. The molecule has 48 heavy (non-hydrogen) atoms. The van der Waals surface area contributed by atoms with Crippen molar-refractivity contribution in [1.29, 1.82) is 0 Å². The van der Waals surface area contributed by atoms with E-state index in [2.05, 4.69) is 59.9 Å². The van der Waals surface area contributed by atoms with Crippen molar-refractivity contribution in [3.8, 4) is 0 Å². The maximum Gasteiger partial charge on any atom is 0.323 e. The minimum atomic E-state index is -0.573. The number of ketones is 1. The van der Waals surface area contributed by atoms with Crippen LogP contribution in [-0.2, 0) is 30.5 Å². The lowest BCUT2D eigenvalue weighted by Crippen LogP contribution is -2.67. The molecule has 4 saturated carbocycles. The first-order chi connectivity index (χ1) is 22.6. The molecule has 7 rings (SSSR count). The summed E-state index contributed by atoms with van der Waals surface area (Å²) in [5.74, 6) is 0.491. The van der Waals surface area contributed by atoms with Crippen molar-refractivity contribution in [3.63, 3.8) is 0 Å². The molecule has 5 fully saturated rings. The van der Waals surface area contributed by atoms with Crippen LogP contribution in [0.15, 0.2) is 42.0 Å². The highest BCUT2D eigenvalue weighted by Crippen LogP contribution is 2.75. The Bertz CT molecular complexity index is 1490. The summed E-state index contributed by atoms with van der Waals surface area (Å²) in [5, 5.41) is 3.31. The molecule has 1 N–H and O–H groups in total. The fraction of sp³-hybridized carbons (Fsp3) is 0.738. The molecule has 10 atom stereocenters. The molecule has 0 aromatic heterocycles. The maximum atomic E-state index is 14.8. The van der Waals surface area contributed by atoms with E-state index in [-0.39, 0.29) is 63.0 Å². The van der Waals surface area contributed by atoms with Crippen LogP contribution in [-0.4, -0.2) is 36.4 Å². The average Bonchev–Trinajstić information content (AvgIpc) is 3.59. The number of benzene rings is 1. The number of carbonyl (C=O) groups excluding carboxylic acids is 3. The van der Waals surface area contributed by atoms with Gasteiger partial charge in [-0.15, -0.1) is 0 Å². The van der Waals surface area contributed by atoms with Crippen molar-refractivity contribution >= 4 is 17.7 Å². The van der Waals surface area contributed by atoms with E-state index in [0.717, 1.165) is 82.7 Å². The maximum absolute atomic E-state index is 14.8. The average molecular weight is 658 g/mol. The van der Waals surface area contributed by atoms with Crippen molar-refractivity contribution in [2.75, 3.05) is 6.54 Å². The van der Waals surface area contributed by atoms with Crippen LogP contribution in [0.3, 0.4) is 0 Å². The van der Waals surface area contributed by atoms with E-state index in [9.17, 15) is 14.4 Å². The van der Waals surface area contributed by atoms with Gasteiger partial charge in [0.05, 0.1) is 5.41 Å². The Morgan fingerprint density at radius 2 is 1.60 bits per heavy atom. The van der Waals surface area contributed by atoms with Crippen LogP contribution in [0.2, 0.25) is 0 Å². The zero-order chi connectivity index (χ0) is 34.3. The summed E-state index contributed by atoms with van der Waals surface area (Å²) in [5.41, 5.74) is 1.15. The predicted molar refractivity (Wildman–Crippen MR) is 187 cm³/mol. The van der Waals surface area contributed by atoms with Gasteiger partial charge in [-0.05, 0) is 129 Å². The van der Waals surface area contributed by atoms with E-state index >= 15 is 0 Å². The normalized spacial score (nSPS) is 44.7. The number of hydrogen-bond acceptors (Lipinski definition) is 6. The Labute approximate surface area is 288 Å². The molecular weight excluding hydrogens is 598 g/mol. The predicted octanol–water partition coefficient (Wildman–Crippen LogP) is 8.37. The molecule has 1 aromatic rings. The van der Waals surface area contributed by atoms with E-state index in [0.29, 0.717) is 18.3 Å². The molecule has 6 aliphatic rings. The molecule has 6 nitrogen and oxygen atoms in total. The summed E-state index contributed by atoms with van der Waals surface area (Å²) in [4.78, 5) is 41.7. The molecule has 5 aliphatic carbocycles. The van der Waals surface area contributed by atoms with E-state index in [1.165, 1.54) is 5.57 Å². The second-order valence-electron chi connectivity index (χ2n) is 18.7. The smallest absolute Gasteiger partial charge is 0.323 e. The lowest BCUT2D eigenvalue weighted by atomic mass is 9.33. The lowest BCUT2D eigenvalue weighted by molar-refractivity contribution is -0.211. The summed E-state index contributed by atoms with van der Waals surface area (Å²) in [6, 6.07) is 9.74. The van der Waals surface area contributed by atoms with Gasteiger partial charge in [-0.3, -0.25) is 14.4 Å². The Kier molecular flexibility index (Phi) is 8.17. The van der Waals surface area contributed by atoms with E-state index in [4.69, 9.17) is 9.47 Å². The summed E-state index contributed by atoms with van der Waals surface area (Å²) < 4.78 is 12.3. The van der Waals surface area contributed by atoms with Crippen molar-refractivity contribution < 1.29 is 23.9 Å². The van der Waals surface area contributed by atoms with Gasteiger partial charge in [-0.25, -0.2) is 0 Å². The molecule has 262 valence electrons. The number of allylic oxidation sites excluding steroid dienone is 2. The van der Waals surface area contributed by atoms with Crippen LogP contribution < -0.4 is 5.32 Å². The standard InChI is InChI=1S/C42H59NO5/c1-37(2)32-15-18-42(7)34(40(32,5)17-16-33(37)48-35(45)30-14-11-23-43-30)31(44)24-28-29-25-39(4,20-19-38(29,3)21-22-41(28,42)6)36(46)47-26-27-12-9-8-10-13-27/h8-10,12-13,24,29-30,32-34,43H,11,14-23,25-26H2,1-7H3/t29-,30-,32-,33-,34+,38+,39-,40-,41+,42+/m0/s1. The van der Waals surface area contributed by atoms with Gasteiger partial charge in [-0.2, -0.15) is 0 Å². The van der Waals surface area contributed by atoms with Gasteiger partial charge in [0.15, 0.2) is 5.78 Å². The van der Waals surface area contributed by atoms with Gasteiger partial charge in [0.2, 0.25) is 0 Å². The molecule has 1 heterocycles. The Balaban J connectivity index is 1.16. The van der Waals surface area contributed by atoms with Gasteiger partial charge in [0.25, 0.3) is 0 Å². The summed E-state index contributed by atoms with van der Waals surface area (Å²) in [6.45, 7) is 17.6. The van der Waals surface area contributed by atoms with Crippen molar-refractivity contribution in [1.82, 2.24) is 5.32 Å².